The van der Waals surface area contributed by atoms with Crippen LogP contribution in [0.2, 0.25) is 0 Å². The smallest absolute Gasteiger partial charge is 0.203 e. The summed E-state index contributed by atoms with van der Waals surface area (Å²) in [6.07, 6.45) is -6.62. The van der Waals surface area contributed by atoms with Crippen LogP contribution < -0.4 is 14.2 Å². The minimum Gasteiger partial charge on any atom is -0.493 e. The zero-order valence-corrected chi connectivity index (χ0v) is 14.3. The van der Waals surface area contributed by atoms with Crippen molar-refractivity contribution in [3.8, 4) is 17.2 Å². The number of aliphatic hydroxyl groups is 4. The molecule has 1 aliphatic rings. The topological polar surface area (TPSA) is 127 Å². The van der Waals surface area contributed by atoms with E-state index < -0.39 is 37.3 Å². The molecule has 0 spiro atoms. The lowest BCUT2D eigenvalue weighted by molar-refractivity contribution is -0.304. The molecule has 9 nitrogen and oxygen atoms in total. The number of hydrogen-bond acceptors (Lipinski definition) is 9. The number of hydrogen-bond donors (Lipinski definition) is 4. The Morgan fingerprint density at radius 3 is 2.00 bits per heavy atom. The molecular formula is C16H24O9. The lowest BCUT2D eigenvalue weighted by Crippen LogP contribution is -2.59. The van der Waals surface area contributed by atoms with Gasteiger partial charge in [0.2, 0.25) is 5.75 Å². The van der Waals surface area contributed by atoms with Crippen molar-refractivity contribution in [2.24, 2.45) is 0 Å². The quantitative estimate of drug-likeness (QED) is 0.485. The van der Waals surface area contributed by atoms with E-state index in [1.54, 1.807) is 12.1 Å². The van der Waals surface area contributed by atoms with Crippen LogP contribution in [0.25, 0.3) is 0 Å². The van der Waals surface area contributed by atoms with Gasteiger partial charge in [-0.25, -0.2) is 0 Å². The third-order valence-corrected chi connectivity index (χ3v) is 3.99. The Balaban J connectivity index is 2.12. The second kappa shape index (κ2) is 8.65. The van der Waals surface area contributed by atoms with Gasteiger partial charge in [-0.1, -0.05) is 0 Å². The van der Waals surface area contributed by atoms with Crippen LogP contribution in [-0.4, -0.2) is 79.1 Å². The first-order valence-electron chi connectivity index (χ1n) is 7.67. The predicted octanol–water partition coefficient (Wildman–Crippen LogP) is -0.971. The van der Waals surface area contributed by atoms with Crippen LogP contribution in [0.3, 0.4) is 0 Å². The standard InChI is InChI=1S/C16H24O9/c1-21-9-4-8(5-10(22-2)15(9)23-3)7-24-16-14(20)13(19)12(18)11(6-17)25-16/h4-5,11-14,16-20H,6-7H2,1-3H3. The highest BCUT2D eigenvalue weighted by atomic mass is 16.7. The number of ether oxygens (including phenoxy) is 5. The summed E-state index contributed by atoms with van der Waals surface area (Å²) in [4.78, 5) is 0. The van der Waals surface area contributed by atoms with Crippen molar-refractivity contribution in [3.63, 3.8) is 0 Å². The van der Waals surface area contributed by atoms with Gasteiger partial charge >= 0.3 is 0 Å². The molecule has 9 heteroatoms. The molecule has 0 aliphatic carbocycles. The molecule has 0 aromatic heterocycles. The molecule has 25 heavy (non-hydrogen) atoms. The molecular weight excluding hydrogens is 336 g/mol. The van der Waals surface area contributed by atoms with Gasteiger partial charge in [0.1, 0.15) is 24.4 Å². The summed E-state index contributed by atoms with van der Waals surface area (Å²) in [6, 6.07) is 3.34. The molecule has 1 aromatic rings. The minimum absolute atomic E-state index is 0.000591. The molecule has 5 unspecified atom stereocenters. The fraction of sp³-hybridized carbons (Fsp3) is 0.625. The molecule has 1 heterocycles. The molecule has 0 amide bonds. The van der Waals surface area contributed by atoms with Crippen LogP contribution in [-0.2, 0) is 16.1 Å². The summed E-state index contributed by atoms with van der Waals surface area (Å²) in [5.41, 5.74) is 0.645. The summed E-state index contributed by atoms with van der Waals surface area (Å²) in [7, 11) is 4.46. The summed E-state index contributed by atoms with van der Waals surface area (Å²) in [5.74, 6) is 1.31. The van der Waals surface area contributed by atoms with Crippen molar-refractivity contribution in [1.29, 1.82) is 0 Å². The van der Waals surface area contributed by atoms with E-state index >= 15 is 0 Å². The van der Waals surface area contributed by atoms with Gasteiger partial charge in [0.05, 0.1) is 34.5 Å². The van der Waals surface area contributed by atoms with Crippen LogP contribution in [0.1, 0.15) is 5.56 Å². The molecule has 0 bridgehead atoms. The highest BCUT2D eigenvalue weighted by Crippen LogP contribution is 2.38. The van der Waals surface area contributed by atoms with Gasteiger partial charge in [-0.05, 0) is 17.7 Å². The Hall–Kier alpha value is -1.62. The van der Waals surface area contributed by atoms with Crippen molar-refractivity contribution in [2.45, 2.75) is 37.3 Å². The monoisotopic (exact) mass is 360 g/mol. The summed E-state index contributed by atoms with van der Waals surface area (Å²) in [5, 5.41) is 38.7. The molecule has 142 valence electrons. The first-order chi connectivity index (χ1) is 12.0. The zero-order valence-electron chi connectivity index (χ0n) is 14.3. The molecule has 1 aliphatic heterocycles. The number of aliphatic hydroxyl groups excluding tert-OH is 4. The highest BCUT2D eigenvalue weighted by Gasteiger charge is 2.44. The third kappa shape index (κ3) is 4.14. The molecule has 1 fully saturated rings. The summed E-state index contributed by atoms with van der Waals surface area (Å²) >= 11 is 0. The van der Waals surface area contributed by atoms with Gasteiger partial charge in [-0.2, -0.15) is 0 Å². The third-order valence-electron chi connectivity index (χ3n) is 3.99. The second-order valence-electron chi connectivity index (χ2n) is 5.54. The maximum Gasteiger partial charge on any atom is 0.203 e. The zero-order chi connectivity index (χ0) is 18.6. The first-order valence-corrected chi connectivity index (χ1v) is 7.67. The van der Waals surface area contributed by atoms with Gasteiger partial charge < -0.3 is 44.1 Å². The van der Waals surface area contributed by atoms with Gasteiger partial charge in [-0.15, -0.1) is 0 Å². The first kappa shape index (κ1) is 19.7. The molecule has 0 saturated carbocycles. The van der Waals surface area contributed by atoms with Crippen LogP contribution in [0.15, 0.2) is 12.1 Å². The number of rotatable bonds is 7. The van der Waals surface area contributed by atoms with Crippen LogP contribution in [0, 0.1) is 0 Å². The Labute approximate surface area is 145 Å². The maximum atomic E-state index is 9.97. The average molecular weight is 360 g/mol. The Bertz CT molecular complexity index is 538. The van der Waals surface area contributed by atoms with Crippen molar-refractivity contribution >= 4 is 0 Å². The van der Waals surface area contributed by atoms with Crippen molar-refractivity contribution in [3.05, 3.63) is 17.7 Å². The molecule has 5 atom stereocenters. The van der Waals surface area contributed by atoms with E-state index in [9.17, 15) is 20.4 Å². The summed E-state index contributed by atoms with van der Waals surface area (Å²) in [6.45, 7) is -0.519. The fourth-order valence-corrected chi connectivity index (χ4v) is 2.60. The van der Waals surface area contributed by atoms with Crippen LogP contribution >= 0.6 is 0 Å². The molecule has 1 saturated heterocycles. The van der Waals surface area contributed by atoms with E-state index in [-0.39, 0.29) is 6.61 Å². The largest absolute Gasteiger partial charge is 0.493 e. The van der Waals surface area contributed by atoms with Gasteiger partial charge in [-0.3, -0.25) is 0 Å². The number of methoxy groups -OCH3 is 3. The average Bonchev–Trinajstić information content (AvgIpc) is 2.64. The second-order valence-corrected chi connectivity index (χ2v) is 5.54. The highest BCUT2D eigenvalue weighted by molar-refractivity contribution is 5.53. The Morgan fingerprint density at radius 1 is 0.920 bits per heavy atom. The van der Waals surface area contributed by atoms with Crippen molar-refractivity contribution in [1.82, 2.24) is 0 Å². The molecule has 1 aromatic carbocycles. The molecule has 2 rings (SSSR count). The van der Waals surface area contributed by atoms with Gasteiger partial charge in [0.25, 0.3) is 0 Å². The van der Waals surface area contributed by atoms with E-state index in [0.717, 1.165) is 0 Å². The number of benzene rings is 1. The van der Waals surface area contributed by atoms with Crippen molar-refractivity contribution < 1.29 is 44.1 Å². The van der Waals surface area contributed by atoms with Gasteiger partial charge in [0.15, 0.2) is 17.8 Å². The predicted molar refractivity (Wildman–Crippen MR) is 84.7 cm³/mol. The molecule has 0 radical (unpaired) electrons. The van der Waals surface area contributed by atoms with E-state index in [1.165, 1.54) is 21.3 Å². The van der Waals surface area contributed by atoms with E-state index in [1.807, 2.05) is 0 Å². The maximum absolute atomic E-state index is 9.97. The fourth-order valence-electron chi connectivity index (χ4n) is 2.60. The van der Waals surface area contributed by atoms with Crippen LogP contribution in [0.4, 0.5) is 0 Å². The Kier molecular flexibility index (Phi) is 6.82. The van der Waals surface area contributed by atoms with Crippen molar-refractivity contribution in [2.75, 3.05) is 27.9 Å². The lowest BCUT2D eigenvalue weighted by atomic mass is 9.99. The SMILES string of the molecule is COc1cc(COC2OC(CO)C(O)C(O)C2O)cc(OC)c1OC. The van der Waals surface area contributed by atoms with E-state index in [4.69, 9.17) is 23.7 Å². The normalized spacial score (nSPS) is 29.3. The van der Waals surface area contributed by atoms with Crippen LogP contribution in [0.5, 0.6) is 17.2 Å². The Morgan fingerprint density at radius 2 is 1.52 bits per heavy atom. The van der Waals surface area contributed by atoms with Gasteiger partial charge in [0, 0.05) is 0 Å². The molecule has 4 N–H and O–H groups in total. The summed E-state index contributed by atoms with van der Waals surface area (Å²) < 4.78 is 26.5. The van der Waals surface area contributed by atoms with E-state index in [0.29, 0.717) is 22.8 Å². The lowest BCUT2D eigenvalue weighted by Gasteiger charge is -2.39. The minimum atomic E-state index is -1.49. The van der Waals surface area contributed by atoms with E-state index in [2.05, 4.69) is 0 Å².